The first kappa shape index (κ1) is 11.6. The van der Waals surface area contributed by atoms with E-state index in [-0.39, 0.29) is 12.3 Å². The van der Waals surface area contributed by atoms with E-state index in [9.17, 15) is 9.59 Å². The molecule has 0 heterocycles. The molecule has 1 aromatic rings. The third-order valence-corrected chi connectivity index (χ3v) is 2.76. The fourth-order valence-electron chi connectivity index (χ4n) is 1.68. The number of hydrogen-bond donors (Lipinski definition) is 2. The fraction of sp³-hybridized carbons (Fsp3) is 0.385. The number of anilines is 1. The zero-order chi connectivity index (χ0) is 12.3. The molecule has 0 aliphatic heterocycles. The molecule has 0 saturated heterocycles. The highest BCUT2D eigenvalue weighted by Gasteiger charge is 2.24. The number of rotatable bonds is 5. The molecule has 1 fully saturated rings. The van der Waals surface area contributed by atoms with Gasteiger partial charge in [0.2, 0.25) is 5.91 Å². The molecule has 1 amide bonds. The van der Waals surface area contributed by atoms with Crippen molar-refractivity contribution in [3.63, 3.8) is 0 Å². The van der Waals surface area contributed by atoms with Crippen molar-refractivity contribution in [2.45, 2.75) is 25.7 Å². The van der Waals surface area contributed by atoms with Gasteiger partial charge in [-0.1, -0.05) is 12.1 Å². The summed E-state index contributed by atoms with van der Waals surface area (Å²) in [5.41, 5.74) is 1.46. The van der Waals surface area contributed by atoms with Crippen molar-refractivity contribution in [1.29, 1.82) is 0 Å². The molecule has 0 aromatic heterocycles. The van der Waals surface area contributed by atoms with E-state index in [0.717, 1.165) is 24.1 Å². The Morgan fingerprint density at radius 2 is 1.88 bits per heavy atom. The van der Waals surface area contributed by atoms with Gasteiger partial charge in [0, 0.05) is 12.1 Å². The Morgan fingerprint density at radius 3 is 2.41 bits per heavy atom. The molecule has 2 N–H and O–H groups in total. The van der Waals surface area contributed by atoms with Gasteiger partial charge < -0.3 is 10.4 Å². The maximum Gasteiger partial charge on any atom is 0.307 e. The summed E-state index contributed by atoms with van der Waals surface area (Å²) in [5, 5.41) is 11.4. The molecule has 17 heavy (non-hydrogen) atoms. The lowest BCUT2D eigenvalue weighted by Crippen LogP contribution is -2.11. The van der Waals surface area contributed by atoms with E-state index in [1.165, 1.54) is 0 Å². The monoisotopic (exact) mass is 233 g/mol. The lowest BCUT2D eigenvalue weighted by Gasteiger charge is -2.05. The minimum Gasteiger partial charge on any atom is -0.481 e. The largest absolute Gasteiger partial charge is 0.481 e. The molecule has 0 atom stereocenters. The summed E-state index contributed by atoms with van der Waals surface area (Å²) in [5.74, 6) is -0.240. The predicted molar refractivity (Wildman–Crippen MR) is 63.8 cm³/mol. The Hall–Kier alpha value is -1.84. The molecule has 0 unspecified atom stereocenters. The number of hydrogen-bond acceptors (Lipinski definition) is 2. The molecule has 0 bridgehead atoms. The van der Waals surface area contributed by atoms with Crippen LogP contribution in [0.4, 0.5) is 5.69 Å². The molecule has 0 radical (unpaired) electrons. The maximum atomic E-state index is 11.5. The predicted octanol–water partition coefficient (Wildman–Crippen LogP) is 2.05. The van der Waals surface area contributed by atoms with Gasteiger partial charge in [-0.3, -0.25) is 9.59 Å². The number of amides is 1. The minimum atomic E-state index is -0.851. The summed E-state index contributed by atoms with van der Waals surface area (Å²) in [6.07, 6.45) is 2.92. The van der Waals surface area contributed by atoms with Gasteiger partial charge in [-0.15, -0.1) is 0 Å². The lowest BCUT2D eigenvalue weighted by atomic mass is 10.1. The van der Waals surface area contributed by atoms with Gasteiger partial charge in [-0.25, -0.2) is 0 Å². The van der Waals surface area contributed by atoms with Gasteiger partial charge in [-0.05, 0) is 36.5 Å². The van der Waals surface area contributed by atoms with Crippen LogP contribution in [-0.2, 0) is 16.0 Å². The average Bonchev–Trinajstić information content (AvgIpc) is 3.04. The number of aliphatic carboxylic acids is 1. The molecule has 4 heteroatoms. The number of carboxylic acids is 1. The van der Waals surface area contributed by atoms with E-state index in [0.29, 0.717) is 12.3 Å². The number of carboxylic acid groups (broad SMARTS) is 1. The standard InChI is InChI=1S/C13H15NO3/c15-12(7-9-1-2-9)14-11-5-3-10(4-6-11)8-13(16)17/h3-6,9H,1-2,7-8H2,(H,14,15)(H,16,17). The zero-order valence-corrected chi connectivity index (χ0v) is 9.48. The summed E-state index contributed by atoms with van der Waals surface area (Å²) in [6.45, 7) is 0. The molecule has 0 spiro atoms. The van der Waals surface area contributed by atoms with Crippen LogP contribution < -0.4 is 5.32 Å². The van der Waals surface area contributed by atoms with Gasteiger partial charge in [0.25, 0.3) is 0 Å². The van der Waals surface area contributed by atoms with Crippen molar-refractivity contribution in [3.8, 4) is 0 Å². The van der Waals surface area contributed by atoms with Crippen molar-refractivity contribution >= 4 is 17.6 Å². The van der Waals surface area contributed by atoms with Gasteiger partial charge >= 0.3 is 5.97 Å². The molecule has 1 aliphatic rings. The third-order valence-electron chi connectivity index (χ3n) is 2.76. The number of carbonyl (C=O) groups is 2. The van der Waals surface area contributed by atoms with Gasteiger partial charge in [0.15, 0.2) is 0 Å². The van der Waals surface area contributed by atoms with Crippen molar-refractivity contribution in [1.82, 2.24) is 0 Å². The second kappa shape index (κ2) is 4.99. The Kier molecular flexibility index (Phi) is 3.42. The highest BCUT2D eigenvalue weighted by Crippen LogP contribution is 2.32. The first-order valence-corrected chi connectivity index (χ1v) is 5.74. The maximum absolute atomic E-state index is 11.5. The highest BCUT2D eigenvalue weighted by molar-refractivity contribution is 5.91. The van der Waals surface area contributed by atoms with Crippen molar-refractivity contribution in [2.75, 3.05) is 5.32 Å². The topological polar surface area (TPSA) is 66.4 Å². The van der Waals surface area contributed by atoms with Gasteiger partial charge in [0.1, 0.15) is 0 Å². The quantitative estimate of drug-likeness (QED) is 0.818. The van der Waals surface area contributed by atoms with Crippen LogP contribution in [0.2, 0.25) is 0 Å². The van der Waals surface area contributed by atoms with Crippen LogP contribution in [0.15, 0.2) is 24.3 Å². The fourth-order valence-corrected chi connectivity index (χ4v) is 1.68. The second-order valence-corrected chi connectivity index (χ2v) is 4.46. The smallest absolute Gasteiger partial charge is 0.307 e. The summed E-state index contributed by atoms with van der Waals surface area (Å²) in [7, 11) is 0. The zero-order valence-electron chi connectivity index (χ0n) is 9.48. The van der Waals surface area contributed by atoms with E-state index in [4.69, 9.17) is 5.11 Å². The van der Waals surface area contributed by atoms with Crippen molar-refractivity contribution < 1.29 is 14.7 Å². The SMILES string of the molecule is O=C(O)Cc1ccc(NC(=O)CC2CC2)cc1. The number of benzene rings is 1. The van der Waals surface area contributed by atoms with E-state index < -0.39 is 5.97 Å². The van der Waals surface area contributed by atoms with Crippen LogP contribution in [-0.4, -0.2) is 17.0 Å². The molecule has 4 nitrogen and oxygen atoms in total. The summed E-state index contributed by atoms with van der Waals surface area (Å²) < 4.78 is 0. The van der Waals surface area contributed by atoms with Crippen LogP contribution in [0, 0.1) is 5.92 Å². The third kappa shape index (κ3) is 3.90. The Labute approximate surface area is 99.6 Å². The van der Waals surface area contributed by atoms with Gasteiger partial charge in [0.05, 0.1) is 6.42 Å². The molecule has 90 valence electrons. The molecule has 2 rings (SSSR count). The number of carbonyl (C=O) groups excluding carboxylic acids is 1. The van der Waals surface area contributed by atoms with Crippen LogP contribution in [0.3, 0.4) is 0 Å². The van der Waals surface area contributed by atoms with Crippen LogP contribution >= 0.6 is 0 Å². The average molecular weight is 233 g/mol. The van der Waals surface area contributed by atoms with Crippen molar-refractivity contribution in [3.05, 3.63) is 29.8 Å². The lowest BCUT2D eigenvalue weighted by molar-refractivity contribution is -0.136. The van der Waals surface area contributed by atoms with Crippen molar-refractivity contribution in [2.24, 2.45) is 5.92 Å². The Balaban J connectivity index is 1.88. The van der Waals surface area contributed by atoms with Gasteiger partial charge in [-0.2, -0.15) is 0 Å². The molecular weight excluding hydrogens is 218 g/mol. The first-order chi connectivity index (χ1) is 8.13. The molecule has 1 aromatic carbocycles. The molecule has 1 aliphatic carbocycles. The molecular formula is C13H15NO3. The van der Waals surface area contributed by atoms with E-state index in [1.807, 2.05) is 0 Å². The summed E-state index contributed by atoms with van der Waals surface area (Å²) >= 11 is 0. The minimum absolute atomic E-state index is 0.0102. The molecule has 1 saturated carbocycles. The Morgan fingerprint density at radius 1 is 1.24 bits per heavy atom. The van der Waals surface area contributed by atoms with E-state index in [1.54, 1.807) is 24.3 Å². The van der Waals surface area contributed by atoms with E-state index in [2.05, 4.69) is 5.32 Å². The van der Waals surface area contributed by atoms with Crippen LogP contribution in [0.25, 0.3) is 0 Å². The van der Waals surface area contributed by atoms with Crippen LogP contribution in [0.1, 0.15) is 24.8 Å². The second-order valence-electron chi connectivity index (χ2n) is 4.46. The Bertz CT molecular complexity index is 421. The summed E-state index contributed by atoms with van der Waals surface area (Å²) in [4.78, 5) is 22.0. The van der Waals surface area contributed by atoms with E-state index >= 15 is 0 Å². The highest BCUT2D eigenvalue weighted by atomic mass is 16.4. The number of nitrogens with one attached hydrogen (secondary N) is 1. The normalized spacial score (nSPS) is 14.4. The summed E-state index contributed by atoms with van der Waals surface area (Å²) in [6, 6.07) is 6.92. The first-order valence-electron chi connectivity index (χ1n) is 5.74. The van der Waals surface area contributed by atoms with Crippen LogP contribution in [0.5, 0.6) is 0 Å².